The third-order valence-electron chi connectivity index (χ3n) is 5.09. The van der Waals surface area contributed by atoms with Gasteiger partial charge in [-0.15, -0.1) is 0 Å². The molecule has 1 aliphatic carbocycles. The van der Waals surface area contributed by atoms with E-state index < -0.39 is 0 Å². The lowest BCUT2D eigenvalue weighted by atomic mass is 9.81. The van der Waals surface area contributed by atoms with Gasteiger partial charge in [0.05, 0.1) is 11.2 Å². The molecule has 3 heteroatoms. The lowest BCUT2D eigenvalue weighted by Crippen LogP contribution is -2.67. The summed E-state index contributed by atoms with van der Waals surface area (Å²) in [6, 6.07) is 0. The minimum atomic E-state index is -0.0786. The zero-order valence-electron chi connectivity index (χ0n) is 13.5. The maximum atomic E-state index is 6.26. The van der Waals surface area contributed by atoms with Gasteiger partial charge in [-0.2, -0.15) is 0 Å². The van der Waals surface area contributed by atoms with Crippen molar-refractivity contribution in [1.29, 1.82) is 0 Å². The molecular formula is C16H32N2O. The molecule has 112 valence electrons. The van der Waals surface area contributed by atoms with Crippen molar-refractivity contribution < 1.29 is 4.74 Å². The van der Waals surface area contributed by atoms with Crippen LogP contribution in [-0.4, -0.2) is 41.3 Å². The van der Waals surface area contributed by atoms with Gasteiger partial charge in [0.2, 0.25) is 0 Å². The summed E-state index contributed by atoms with van der Waals surface area (Å²) in [5, 5.41) is 0. The van der Waals surface area contributed by atoms with Crippen molar-refractivity contribution in [1.82, 2.24) is 4.90 Å². The van der Waals surface area contributed by atoms with E-state index in [1.54, 1.807) is 0 Å². The van der Waals surface area contributed by atoms with E-state index >= 15 is 0 Å². The van der Waals surface area contributed by atoms with Gasteiger partial charge in [0.1, 0.15) is 0 Å². The highest BCUT2D eigenvalue weighted by Crippen LogP contribution is 2.44. The molecule has 2 fully saturated rings. The second-order valence-corrected chi connectivity index (χ2v) is 7.78. The number of hydrogen-bond acceptors (Lipinski definition) is 3. The average Bonchev–Trinajstić information content (AvgIpc) is 2.68. The van der Waals surface area contributed by atoms with E-state index in [1.807, 2.05) is 0 Å². The largest absolute Gasteiger partial charge is 0.367 e. The molecule has 1 saturated carbocycles. The third-order valence-corrected chi connectivity index (χ3v) is 5.09. The van der Waals surface area contributed by atoms with Crippen molar-refractivity contribution in [3.8, 4) is 0 Å². The van der Waals surface area contributed by atoms with Gasteiger partial charge >= 0.3 is 0 Å². The minimum Gasteiger partial charge on any atom is -0.367 e. The summed E-state index contributed by atoms with van der Waals surface area (Å²) in [4.78, 5) is 2.66. The van der Waals surface area contributed by atoms with Crippen molar-refractivity contribution >= 4 is 0 Å². The molecule has 1 aliphatic heterocycles. The SMILES string of the molecule is CCC1CCCC1(CN)N1CC(C)(C)OC(C)(C)C1. The van der Waals surface area contributed by atoms with Crippen LogP contribution >= 0.6 is 0 Å². The summed E-state index contributed by atoms with van der Waals surface area (Å²) >= 11 is 0. The van der Waals surface area contributed by atoms with Crippen LogP contribution in [0.5, 0.6) is 0 Å². The molecule has 2 atom stereocenters. The first kappa shape index (κ1) is 15.3. The zero-order chi connectivity index (χ0) is 14.3. The summed E-state index contributed by atoms with van der Waals surface area (Å²) < 4.78 is 6.23. The van der Waals surface area contributed by atoms with Crippen LogP contribution in [0.1, 0.15) is 60.3 Å². The maximum absolute atomic E-state index is 6.26. The molecule has 0 aromatic heterocycles. The Labute approximate surface area is 118 Å². The van der Waals surface area contributed by atoms with Gasteiger partial charge in [0, 0.05) is 25.2 Å². The van der Waals surface area contributed by atoms with Crippen LogP contribution in [0.2, 0.25) is 0 Å². The Morgan fingerprint density at radius 2 is 1.74 bits per heavy atom. The fourth-order valence-electron chi connectivity index (χ4n) is 4.63. The third kappa shape index (κ3) is 2.84. The van der Waals surface area contributed by atoms with Crippen molar-refractivity contribution in [3.05, 3.63) is 0 Å². The second-order valence-electron chi connectivity index (χ2n) is 7.78. The molecule has 0 radical (unpaired) electrons. The highest BCUT2D eigenvalue weighted by atomic mass is 16.5. The predicted molar refractivity (Wildman–Crippen MR) is 80.2 cm³/mol. The van der Waals surface area contributed by atoms with E-state index in [1.165, 1.54) is 25.7 Å². The van der Waals surface area contributed by atoms with Crippen LogP contribution in [0.4, 0.5) is 0 Å². The number of nitrogens with two attached hydrogens (primary N) is 1. The fourth-order valence-corrected chi connectivity index (χ4v) is 4.63. The van der Waals surface area contributed by atoms with Crippen molar-refractivity contribution in [2.45, 2.75) is 77.0 Å². The van der Waals surface area contributed by atoms with Crippen LogP contribution in [0.15, 0.2) is 0 Å². The van der Waals surface area contributed by atoms with Crippen LogP contribution in [0.3, 0.4) is 0 Å². The summed E-state index contributed by atoms with van der Waals surface area (Å²) in [6.45, 7) is 14.0. The molecule has 2 unspecified atom stereocenters. The molecule has 0 spiro atoms. The molecule has 1 saturated heterocycles. The number of morpholine rings is 1. The Morgan fingerprint density at radius 1 is 1.16 bits per heavy atom. The van der Waals surface area contributed by atoms with Gasteiger partial charge in [0.25, 0.3) is 0 Å². The number of hydrogen-bond donors (Lipinski definition) is 1. The number of ether oxygens (including phenoxy) is 1. The molecule has 0 bridgehead atoms. The van der Waals surface area contributed by atoms with Crippen molar-refractivity contribution in [3.63, 3.8) is 0 Å². The minimum absolute atomic E-state index is 0.0786. The molecule has 19 heavy (non-hydrogen) atoms. The first-order valence-corrected chi connectivity index (χ1v) is 7.90. The zero-order valence-corrected chi connectivity index (χ0v) is 13.5. The molecule has 0 amide bonds. The first-order chi connectivity index (χ1) is 8.75. The van der Waals surface area contributed by atoms with E-state index in [0.717, 1.165) is 25.6 Å². The van der Waals surface area contributed by atoms with E-state index in [2.05, 4.69) is 39.5 Å². The van der Waals surface area contributed by atoms with Crippen LogP contribution in [0, 0.1) is 5.92 Å². The average molecular weight is 268 g/mol. The van der Waals surface area contributed by atoms with E-state index in [9.17, 15) is 0 Å². The smallest absolute Gasteiger partial charge is 0.0761 e. The fraction of sp³-hybridized carbons (Fsp3) is 1.00. The van der Waals surface area contributed by atoms with E-state index in [-0.39, 0.29) is 16.7 Å². The molecule has 1 heterocycles. The van der Waals surface area contributed by atoms with Crippen LogP contribution in [0.25, 0.3) is 0 Å². The van der Waals surface area contributed by atoms with Gasteiger partial charge in [0.15, 0.2) is 0 Å². The highest BCUT2D eigenvalue weighted by Gasteiger charge is 2.50. The quantitative estimate of drug-likeness (QED) is 0.855. The maximum Gasteiger partial charge on any atom is 0.0761 e. The van der Waals surface area contributed by atoms with Gasteiger partial charge in [-0.3, -0.25) is 4.90 Å². The Balaban J connectivity index is 2.27. The van der Waals surface area contributed by atoms with Gasteiger partial charge in [-0.05, 0) is 46.5 Å². The topological polar surface area (TPSA) is 38.5 Å². The molecule has 2 aliphatic rings. The summed E-state index contributed by atoms with van der Waals surface area (Å²) in [6.07, 6.45) is 5.17. The monoisotopic (exact) mass is 268 g/mol. The van der Waals surface area contributed by atoms with Crippen LogP contribution < -0.4 is 5.73 Å². The van der Waals surface area contributed by atoms with Gasteiger partial charge in [-0.25, -0.2) is 0 Å². The molecule has 3 nitrogen and oxygen atoms in total. The van der Waals surface area contributed by atoms with Gasteiger partial charge in [-0.1, -0.05) is 19.8 Å². The first-order valence-electron chi connectivity index (χ1n) is 7.90. The molecule has 0 aromatic carbocycles. The Bertz CT molecular complexity index is 311. The van der Waals surface area contributed by atoms with E-state index in [4.69, 9.17) is 10.5 Å². The molecular weight excluding hydrogens is 236 g/mol. The Morgan fingerprint density at radius 3 is 2.21 bits per heavy atom. The van der Waals surface area contributed by atoms with Crippen molar-refractivity contribution in [2.75, 3.05) is 19.6 Å². The molecule has 2 N–H and O–H groups in total. The van der Waals surface area contributed by atoms with Gasteiger partial charge < -0.3 is 10.5 Å². The number of nitrogens with zero attached hydrogens (tertiary/aromatic N) is 1. The Kier molecular flexibility index (Phi) is 4.03. The van der Waals surface area contributed by atoms with Crippen molar-refractivity contribution in [2.24, 2.45) is 11.7 Å². The Hall–Kier alpha value is -0.120. The normalized spacial score (nSPS) is 38.5. The van der Waals surface area contributed by atoms with E-state index in [0.29, 0.717) is 0 Å². The number of rotatable bonds is 3. The standard InChI is InChI=1S/C16H32N2O/c1-6-13-8-7-9-16(13,10-17)18-11-14(2,3)19-15(4,5)12-18/h13H,6-12,17H2,1-5H3. The molecule has 0 aromatic rings. The molecule has 2 rings (SSSR count). The summed E-state index contributed by atoms with van der Waals surface area (Å²) in [5.74, 6) is 0.752. The highest BCUT2D eigenvalue weighted by molar-refractivity contribution is 5.05. The summed E-state index contributed by atoms with van der Waals surface area (Å²) in [7, 11) is 0. The lowest BCUT2D eigenvalue weighted by molar-refractivity contribution is -0.202. The predicted octanol–water partition coefficient (Wildman–Crippen LogP) is 2.78. The van der Waals surface area contributed by atoms with Crippen LogP contribution in [-0.2, 0) is 4.74 Å². The second kappa shape index (κ2) is 5.01. The summed E-state index contributed by atoms with van der Waals surface area (Å²) in [5.41, 5.74) is 6.32. The lowest BCUT2D eigenvalue weighted by Gasteiger charge is -2.55.